The van der Waals surface area contributed by atoms with E-state index < -0.39 is 5.60 Å². The van der Waals surface area contributed by atoms with Gasteiger partial charge in [0.05, 0.1) is 5.60 Å². The van der Waals surface area contributed by atoms with E-state index in [1.165, 1.54) is 6.07 Å². The van der Waals surface area contributed by atoms with Crippen molar-refractivity contribution in [2.45, 2.75) is 12.0 Å². The Labute approximate surface area is 87.3 Å². The lowest BCUT2D eigenvalue weighted by Crippen LogP contribution is -2.60. The zero-order chi connectivity index (χ0) is 10.2. The molecule has 4 heteroatoms. The molecule has 1 aromatic carbocycles. The average Bonchev–Trinajstić information content (AvgIpc) is 2.07. The Hall–Kier alpha value is -0.770. The van der Waals surface area contributed by atoms with Gasteiger partial charge in [-0.3, -0.25) is 0 Å². The van der Waals surface area contributed by atoms with Crippen molar-refractivity contribution in [2.75, 3.05) is 13.1 Å². The summed E-state index contributed by atoms with van der Waals surface area (Å²) in [4.78, 5) is 0. The number of benzene rings is 1. The molecule has 14 heavy (non-hydrogen) atoms. The SMILES string of the molecule is Oc1cc(Cl)ccc1CC1(O)CNC1. The second-order valence-electron chi connectivity index (χ2n) is 3.78. The number of aliphatic hydroxyl groups is 1. The largest absolute Gasteiger partial charge is 0.508 e. The summed E-state index contributed by atoms with van der Waals surface area (Å²) in [6.07, 6.45) is 0.461. The third kappa shape index (κ3) is 1.85. The van der Waals surface area contributed by atoms with Crippen molar-refractivity contribution in [1.82, 2.24) is 5.32 Å². The van der Waals surface area contributed by atoms with Crippen molar-refractivity contribution in [3.8, 4) is 5.75 Å². The standard InChI is InChI=1S/C10H12ClNO2/c11-8-2-1-7(9(13)3-8)4-10(14)5-12-6-10/h1-3,12-14H,4-6H2. The maximum atomic E-state index is 9.85. The second-order valence-corrected chi connectivity index (χ2v) is 4.21. The molecule has 1 fully saturated rings. The fourth-order valence-corrected chi connectivity index (χ4v) is 1.75. The van der Waals surface area contributed by atoms with Gasteiger partial charge in [-0.05, 0) is 17.7 Å². The van der Waals surface area contributed by atoms with Gasteiger partial charge in [0, 0.05) is 24.5 Å². The molecule has 0 spiro atoms. The van der Waals surface area contributed by atoms with Gasteiger partial charge in [-0.1, -0.05) is 17.7 Å². The number of phenolic OH excluding ortho intramolecular Hbond substituents is 1. The summed E-state index contributed by atoms with van der Waals surface area (Å²) in [7, 11) is 0. The molecule has 1 aliphatic rings. The van der Waals surface area contributed by atoms with E-state index in [-0.39, 0.29) is 5.75 Å². The Bertz CT molecular complexity index is 350. The van der Waals surface area contributed by atoms with Crippen molar-refractivity contribution in [3.63, 3.8) is 0 Å². The minimum Gasteiger partial charge on any atom is -0.508 e. The van der Waals surface area contributed by atoms with Crippen LogP contribution in [0.25, 0.3) is 0 Å². The lowest BCUT2D eigenvalue weighted by Gasteiger charge is -2.37. The molecule has 0 saturated carbocycles. The normalized spacial score (nSPS) is 19.0. The monoisotopic (exact) mass is 213 g/mol. The summed E-state index contributed by atoms with van der Waals surface area (Å²) in [6, 6.07) is 4.95. The minimum absolute atomic E-state index is 0.151. The second kappa shape index (κ2) is 3.42. The smallest absolute Gasteiger partial charge is 0.120 e. The molecule has 1 aliphatic heterocycles. The Balaban J connectivity index is 2.16. The van der Waals surface area contributed by atoms with Gasteiger partial charge < -0.3 is 15.5 Å². The van der Waals surface area contributed by atoms with Crippen LogP contribution < -0.4 is 5.32 Å². The average molecular weight is 214 g/mol. The van der Waals surface area contributed by atoms with E-state index in [9.17, 15) is 10.2 Å². The molecular weight excluding hydrogens is 202 g/mol. The molecule has 1 heterocycles. The summed E-state index contributed by atoms with van der Waals surface area (Å²) in [5, 5.41) is 22.9. The molecule has 0 bridgehead atoms. The first-order valence-electron chi connectivity index (χ1n) is 4.50. The molecule has 76 valence electrons. The molecule has 0 aromatic heterocycles. The van der Waals surface area contributed by atoms with Gasteiger partial charge in [0.1, 0.15) is 5.75 Å². The predicted octanol–water partition coefficient (Wildman–Crippen LogP) is 0.922. The molecular formula is C10H12ClNO2. The molecule has 0 unspecified atom stereocenters. The lowest BCUT2D eigenvalue weighted by atomic mass is 9.89. The van der Waals surface area contributed by atoms with Crippen molar-refractivity contribution in [3.05, 3.63) is 28.8 Å². The molecule has 1 aromatic rings. The zero-order valence-corrected chi connectivity index (χ0v) is 8.38. The van der Waals surface area contributed by atoms with Crippen molar-refractivity contribution in [1.29, 1.82) is 0 Å². The quantitative estimate of drug-likeness (QED) is 0.685. The van der Waals surface area contributed by atoms with E-state index in [4.69, 9.17) is 11.6 Å². The molecule has 1 saturated heterocycles. The maximum absolute atomic E-state index is 9.85. The number of β-amino-alcohol motifs (C(OH)–C–C–N with tert-alkyl or cyclic N) is 1. The maximum Gasteiger partial charge on any atom is 0.120 e. The van der Waals surface area contributed by atoms with E-state index in [0.717, 1.165) is 5.56 Å². The number of phenols is 1. The number of hydrogen-bond acceptors (Lipinski definition) is 3. The molecule has 0 amide bonds. The fraction of sp³-hybridized carbons (Fsp3) is 0.400. The highest BCUT2D eigenvalue weighted by atomic mass is 35.5. The van der Waals surface area contributed by atoms with Gasteiger partial charge in [0.25, 0.3) is 0 Å². The number of aromatic hydroxyl groups is 1. The van der Waals surface area contributed by atoms with E-state index >= 15 is 0 Å². The molecule has 3 nitrogen and oxygen atoms in total. The first kappa shape index (κ1) is 9.77. The Kier molecular flexibility index (Phi) is 2.39. The van der Waals surface area contributed by atoms with Crippen LogP contribution in [0, 0.1) is 0 Å². The first-order chi connectivity index (χ1) is 6.59. The van der Waals surface area contributed by atoms with Gasteiger partial charge in [-0.2, -0.15) is 0 Å². The Morgan fingerprint density at radius 2 is 2.14 bits per heavy atom. The molecule has 0 aliphatic carbocycles. The van der Waals surface area contributed by atoms with Crippen molar-refractivity contribution in [2.24, 2.45) is 0 Å². The number of halogens is 1. The number of hydrogen-bond donors (Lipinski definition) is 3. The fourth-order valence-electron chi connectivity index (χ4n) is 1.58. The predicted molar refractivity (Wildman–Crippen MR) is 54.6 cm³/mol. The highest BCUT2D eigenvalue weighted by Crippen LogP contribution is 2.27. The van der Waals surface area contributed by atoms with Crippen LogP contribution in [0.2, 0.25) is 5.02 Å². The highest BCUT2D eigenvalue weighted by molar-refractivity contribution is 6.30. The van der Waals surface area contributed by atoms with E-state index in [0.29, 0.717) is 24.5 Å². The van der Waals surface area contributed by atoms with Crippen LogP contribution >= 0.6 is 11.6 Å². The van der Waals surface area contributed by atoms with Crippen LogP contribution in [0.15, 0.2) is 18.2 Å². The lowest BCUT2D eigenvalue weighted by molar-refractivity contribution is -0.00944. The van der Waals surface area contributed by atoms with Crippen LogP contribution in [0.1, 0.15) is 5.56 Å². The third-order valence-electron chi connectivity index (χ3n) is 2.47. The summed E-state index contributed by atoms with van der Waals surface area (Å²) in [5.74, 6) is 0.151. The minimum atomic E-state index is -0.703. The Morgan fingerprint density at radius 1 is 1.43 bits per heavy atom. The summed E-state index contributed by atoms with van der Waals surface area (Å²) in [5.41, 5.74) is 0.0316. The first-order valence-corrected chi connectivity index (χ1v) is 4.87. The van der Waals surface area contributed by atoms with Gasteiger partial charge in [0.15, 0.2) is 0 Å². The topological polar surface area (TPSA) is 52.5 Å². The number of nitrogens with one attached hydrogen (secondary N) is 1. The summed E-state index contributed by atoms with van der Waals surface area (Å²) in [6.45, 7) is 1.16. The van der Waals surface area contributed by atoms with Gasteiger partial charge in [-0.25, -0.2) is 0 Å². The van der Waals surface area contributed by atoms with Gasteiger partial charge in [-0.15, -0.1) is 0 Å². The zero-order valence-electron chi connectivity index (χ0n) is 7.63. The Morgan fingerprint density at radius 3 is 2.64 bits per heavy atom. The van der Waals surface area contributed by atoms with Crippen LogP contribution in [0.5, 0.6) is 5.75 Å². The molecule has 0 atom stereocenters. The van der Waals surface area contributed by atoms with Crippen molar-refractivity contribution >= 4 is 11.6 Å². The van der Waals surface area contributed by atoms with E-state index in [1.807, 2.05) is 0 Å². The van der Waals surface area contributed by atoms with Gasteiger partial charge in [0.2, 0.25) is 0 Å². The third-order valence-corrected chi connectivity index (χ3v) is 2.71. The van der Waals surface area contributed by atoms with Crippen LogP contribution in [0.3, 0.4) is 0 Å². The summed E-state index contributed by atoms with van der Waals surface area (Å²) >= 11 is 5.70. The van der Waals surface area contributed by atoms with E-state index in [1.54, 1.807) is 12.1 Å². The van der Waals surface area contributed by atoms with E-state index in [2.05, 4.69) is 5.32 Å². The highest BCUT2D eigenvalue weighted by Gasteiger charge is 2.34. The van der Waals surface area contributed by atoms with Crippen LogP contribution in [-0.4, -0.2) is 28.9 Å². The van der Waals surface area contributed by atoms with Crippen molar-refractivity contribution < 1.29 is 10.2 Å². The molecule has 3 N–H and O–H groups in total. The summed E-state index contributed by atoms with van der Waals surface area (Å²) < 4.78 is 0. The molecule has 0 radical (unpaired) electrons. The van der Waals surface area contributed by atoms with Crippen LogP contribution in [-0.2, 0) is 6.42 Å². The molecule has 2 rings (SSSR count). The van der Waals surface area contributed by atoms with Crippen LogP contribution in [0.4, 0.5) is 0 Å². The van der Waals surface area contributed by atoms with Gasteiger partial charge >= 0.3 is 0 Å². The number of rotatable bonds is 2.